The minimum Gasteiger partial charge on any atom is -0.356 e. The fraction of sp³-hybridized carbons (Fsp3) is 0.875. The summed E-state index contributed by atoms with van der Waals surface area (Å²) in [6.45, 7) is 0.888. The lowest BCUT2D eigenvalue weighted by Gasteiger charge is -1.80. The first-order valence-electron chi connectivity index (χ1n) is 4.24. The van der Waals surface area contributed by atoms with Gasteiger partial charge in [-0.1, -0.05) is 0 Å². The van der Waals surface area contributed by atoms with E-state index in [4.69, 9.17) is 0 Å². The van der Waals surface area contributed by atoms with Gasteiger partial charge in [0.1, 0.15) is 0 Å². The maximum atomic E-state index is 10.1. The zero-order chi connectivity index (χ0) is 7.94. The highest BCUT2D eigenvalue weighted by atomic mass is 32.2. The Morgan fingerprint density at radius 2 is 1.91 bits per heavy atom. The van der Waals surface area contributed by atoms with Crippen molar-refractivity contribution in [3.05, 3.63) is 0 Å². The molecule has 1 amide bonds. The summed E-state index contributed by atoms with van der Waals surface area (Å²) in [7, 11) is 0. The maximum absolute atomic E-state index is 10.1. The van der Waals surface area contributed by atoms with Crippen molar-refractivity contribution in [2.75, 3.05) is 18.1 Å². The average Bonchev–Trinajstić information content (AvgIpc) is 2.57. The van der Waals surface area contributed by atoms with Crippen molar-refractivity contribution >= 4 is 17.7 Å². The van der Waals surface area contributed by atoms with Gasteiger partial charge in [-0.15, -0.1) is 0 Å². The number of thioether (sulfide) groups is 1. The highest BCUT2D eigenvalue weighted by molar-refractivity contribution is 7.99. The second-order valence-electron chi connectivity index (χ2n) is 2.77. The van der Waals surface area contributed by atoms with Crippen molar-refractivity contribution in [3.63, 3.8) is 0 Å². The lowest BCUT2D eigenvalue weighted by Crippen LogP contribution is -2.12. The van der Waals surface area contributed by atoms with Crippen LogP contribution in [0.5, 0.6) is 0 Å². The summed E-state index contributed by atoms with van der Waals surface area (Å²) in [6, 6.07) is 0. The normalized spacial score (nSPS) is 22.4. The number of amides is 1. The molecule has 0 aromatic heterocycles. The molecule has 0 atom stereocenters. The lowest BCUT2D eigenvalue weighted by molar-refractivity contribution is -0.119. The Morgan fingerprint density at radius 1 is 1.18 bits per heavy atom. The molecule has 0 aromatic carbocycles. The van der Waals surface area contributed by atoms with Crippen LogP contribution in [-0.2, 0) is 4.79 Å². The Kier molecular flexibility index (Phi) is 4.43. The highest BCUT2D eigenvalue weighted by Crippen LogP contribution is 2.14. The number of hydrogen-bond donors (Lipinski definition) is 1. The van der Waals surface area contributed by atoms with Crippen molar-refractivity contribution in [1.29, 1.82) is 0 Å². The molecular weight excluding hydrogens is 158 g/mol. The molecule has 0 aromatic rings. The van der Waals surface area contributed by atoms with E-state index in [1.807, 2.05) is 0 Å². The third-order valence-corrected chi connectivity index (χ3v) is 2.88. The zero-order valence-corrected chi connectivity index (χ0v) is 7.58. The third kappa shape index (κ3) is 4.30. The third-order valence-electron chi connectivity index (χ3n) is 1.73. The van der Waals surface area contributed by atoms with E-state index in [2.05, 4.69) is 17.1 Å². The average molecular weight is 173 g/mol. The Morgan fingerprint density at radius 3 is 2.09 bits per heavy atom. The van der Waals surface area contributed by atoms with Crippen LogP contribution >= 0.6 is 11.8 Å². The first-order chi connectivity index (χ1) is 5.39. The molecule has 11 heavy (non-hydrogen) atoms. The van der Waals surface area contributed by atoms with E-state index in [-0.39, 0.29) is 5.91 Å². The van der Waals surface area contributed by atoms with E-state index >= 15 is 0 Å². The molecule has 64 valence electrons. The van der Waals surface area contributed by atoms with E-state index < -0.39 is 0 Å². The Labute approximate surface area is 72.1 Å². The van der Waals surface area contributed by atoms with E-state index in [0.29, 0.717) is 0 Å². The van der Waals surface area contributed by atoms with Crippen molar-refractivity contribution in [2.45, 2.75) is 25.7 Å². The van der Waals surface area contributed by atoms with Gasteiger partial charge < -0.3 is 5.32 Å². The van der Waals surface area contributed by atoms with Crippen molar-refractivity contribution < 1.29 is 4.79 Å². The van der Waals surface area contributed by atoms with Gasteiger partial charge in [0.25, 0.3) is 0 Å². The molecule has 2 aliphatic heterocycles. The summed E-state index contributed by atoms with van der Waals surface area (Å²) >= 11 is 2.07. The van der Waals surface area contributed by atoms with E-state index in [9.17, 15) is 4.79 Å². The molecular formula is C8H15NOS. The molecule has 0 saturated carbocycles. The molecule has 0 radical (unpaired) electrons. The second-order valence-corrected chi connectivity index (χ2v) is 4.00. The van der Waals surface area contributed by atoms with Gasteiger partial charge in [-0.3, -0.25) is 4.79 Å². The molecule has 0 bridgehead atoms. The topological polar surface area (TPSA) is 29.1 Å². The monoisotopic (exact) mass is 173 g/mol. The van der Waals surface area contributed by atoms with Crippen molar-refractivity contribution in [1.82, 2.24) is 5.32 Å². The van der Waals surface area contributed by atoms with Gasteiger partial charge in [-0.2, -0.15) is 11.8 Å². The van der Waals surface area contributed by atoms with Crippen LogP contribution in [0.4, 0.5) is 0 Å². The Balaban J connectivity index is 0.000000112. The Hall–Kier alpha value is -0.180. The number of hydrogen-bond acceptors (Lipinski definition) is 2. The van der Waals surface area contributed by atoms with Gasteiger partial charge in [-0.25, -0.2) is 0 Å². The quantitative estimate of drug-likeness (QED) is 0.600. The van der Waals surface area contributed by atoms with Crippen LogP contribution in [0.3, 0.4) is 0 Å². The molecule has 3 heteroatoms. The largest absolute Gasteiger partial charge is 0.356 e. The molecule has 0 aliphatic carbocycles. The van der Waals surface area contributed by atoms with Crippen molar-refractivity contribution in [2.24, 2.45) is 0 Å². The second kappa shape index (κ2) is 5.47. The molecule has 0 spiro atoms. The Bertz CT molecular complexity index is 108. The molecule has 2 rings (SSSR count). The number of carbonyl (C=O) groups excluding carboxylic acids is 1. The standard InChI is InChI=1S/C4H7NO.C4H8S/c6-4-2-1-3-5-4;1-2-4-5-3-1/h1-3H2,(H,5,6);1-4H2. The molecule has 2 nitrogen and oxygen atoms in total. The SMILES string of the molecule is C1CCSC1.O=C1CCCN1. The zero-order valence-electron chi connectivity index (χ0n) is 6.77. The smallest absolute Gasteiger partial charge is 0.220 e. The first-order valence-corrected chi connectivity index (χ1v) is 5.39. The van der Waals surface area contributed by atoms with E-state index in [1.165, 1.54) is 24.3 Å². The minimum absolute atomic E-state index is 0.204. The summed E-state index contributed by atoms with van der Waals surface area (Å²) in [5, 5.41) is 2.68. The van der Waals surface area contributed by atoms with Crippen LogP contribution in [0, 0.1) is 0 Å². The van der Waals surface area contributed by atoms with Crippen LogP contribution < -0.4 is 5.32 Å². The van der Waals surface area contributed by atoms with Crippen LogP contribution in [0.15, 0.2) is 0 Å². The van der Waals surface area contributed by atoms with Gasteiger partial charge in [0.15, 0.2) is 0 Å². The van der Waals surface area contributed by atoms with Crippen molar-refractivity contribution in [3.8, 4) is 0 Å². The number of rotatable bonds is 0. The molecule has 2 fully saturated rings. The summed E-state index contributed by atoms with van der Waals surface area (Å²) < 4.78 is 0. The molecule has 2 aliphatic rings. The minimum atomic E-state index is 0.204. The predicted octanol–water partition coefficient (Wildman–Crippen LogP) is 1.41. The predicted molar refractivity (Wildman–Crippen MR) is 48.8 cm³/mol. The van der Waals surface area contributed by atoms with Crippen LogP contribution in [0.1, 0.15) is 25.7 Å². The highest BCUT2D eigenvalue weighted by Gasteiger charge is 2.05. The van der Waals surface area contributed by atoms with Gasteiger partial charge in [0.05, 0.1) is 0 Å². The van der Waals surface area contributed by atoms with Gasteiger partial charge in [0, 0.05) is 13.0 Å². The lowest BCUT2D eigenvalue weighted by atomic mass is 10.4. The molecule has 2 heterocycles. The van der Waals surface area contributed by atoms with E-state index in [1.54, 1.807) is 0 Å². The van der Waals surface area contributed by atoms with Crippen LogP contribution in [0.25, 0.3) is 0 Å². The number of nitrogens with one attached hydrogen (secondary N) is 1. The van der Waals surface area contributed by atoms with Crippen LogP contribution in [0.2, 0.25) is 0 Å². The van der Waals surface area contributed by atoms with E-state index in [0.717, 1.165) is 19.4 Å². The molecule has 1 N–H and O–H groups in total. The fourth-order valence-electron chi connectivity index (χ4n) is 1.08. The fourth-order valence-corrected chi connectivity index (χ4v) is 2.10. The summed E-state index contributed by atoms with van der Waals surface area (Å²) in [5.74, 6) is 3.04. The maximum Gasteiger partial charge on any atom is 0.220 e. The summed E-state index contributed by atoms with van der Waals surface area (Å²) in [4.78, 5) is 10.1. The van der Waals surface area contributed by atoms with Crippen LogP contribution in [-0.4, -0.2) is 24.0 Å². The summed E-state index contributed by atoms with van der Waals surface area (Å²) in [6.07, 6.45) is 4.69. The molecule has 0 unspecified atom stereocenters. The van der Waals surface area contributed by atoms with Gasteiger partial charge >= 0.3 is 0 Å². The van der Waals surface area contributed by atoms with Gasteiger partial charge in [0.2, 0.25) is 5.91 Å². The summed E-state index contributed by atoms with van der Waals surface area (Å²) in [5.41, 5.74) is 0. The van der Waals surface area contributed by atoms with Gasteiger partial charge in [-0.05, 0) is 30.8 Å². The number of carbonyl (C=O) groups is 1. The molecule has 2 saturated heterocycles. The first kappa shape index (κ1) is 8.91.